The maximum absolute atomic E-state index is 13.8. The molecule has 0 radical (unpaired) electrons. The van der Waals surface area contributed by atoms with Gasteiger partial charge in [-0.3, -0.25) is 10.1 Å². The van der Waals surface area contributed by atoms with E-state index in [4.69, 9.17) is 0 Å². The summed E-state index contributed by atoms with van der Waals surface area (Å²) in [6, 6.07) is 12.3. The molecule has 0 spiro atoms. The minimum atomic E-state index is -3.30. The van der Waals surface area contributed by atoms with Crippen LogP contribution in [0.1, 0.15) is 11.1 Å². The lowest BCUT2D eigenvalue weighted by Crippen LogP contribution is -2.41. The summed E-state index contributed by atoms with van der Waals surface area (Å²) in [5.74, 6) is -0.00429. The van der Waals surface area contributed by atoms with Gasteiger partial charge in [0.05, 0.1) is 17.7 Å². The molecule has 2 aromatic rings. The van der Waals surface area contributed by atoms with Gasteiger partial charge in [-0.2, -0.15) is 0 Å². The maximum atomic E-state index is 13.8. The van der Waals surface area contributed by atoms with Crippen molar-refractivity contribution in [3.63, 3.8) is 0 Å². The summed E-state index contributed by atoms with van der Waals surface area (Å²) in [6.07, 6.45) is 1.06. The number of nitrogens with zero attached hydrogens (tertiary/aromatic N) is 2. The van der Waals surface area contributed by atoms with Crippen LogP contribution in [0, 0.1) is 15.9 Å². The molecule has 3 N–H and O–H groups in total. The van der Waals surface area contributed by atoms with Gasteiger partial charge in [0, 0.05) is 37.3 Å². The first kappa shape index (κ1) is 22.2. The van der Waals surface area contributed by atoms with E-state index in [1.165, 1.54) is 18.2 Å². The van der Waals surface area contributed by atoms with Gasteiger partial charge in [0.1, 0.15) is 5.82 Å². The molecular weight excluding hydrogens is 401 g/mol. The molecule has 0 atom stereocenters. The first-order chi connectivity index (χ1) is 13.7. The number of nitrogens with one attached hydrogen (secondary N) is 3. The zero-order chi connectivity index (χ0) is 21.3. The van der Waals surface area contributed by atoms with Crippen molar-refractivity contribution in [2.24, 2.45) is 4.99 Å². The molecule has 2 rings (SSSR count). The predicted octanol–water partition coefficient (Wildman–Crippen LogP) is 1.52. The summed E-state index contributed by atoms with van der Waals surface area (Å²) < 4.78 is 38.4. The van der Waals surface area contributed by atoms with E-state index in [-0.39, 0.29) is 37.7 Å². The first-order valence-electron chi connectivity index (χ1n) is 8.68. The number of guanidine groups is 1. The van der Waals surface area contributed by atoms with Gasteiger partial charge in [-0.25, -0.2) is 22.5 Å². The lowest BCUT2D eigenvalue weighted by atomic mass is 10.2. The fourth-order valence-electron chi connectivity index (χ4n) is 2.31. The number of aliphatic imine (C=N–C) groups is 1. The van der Waals surface area contributed by atoms with Crippen molar-refractivity contribution in [3.8, 4) is 0 Å². The standard InChI is InChI=1S/C18H22FN5O4S/c1-29(27,28)23-11-10-20-18(22-13-15-4-2-3-5-17(15)19)21-12-14-6-8-16(9-7-14)24(25)26/h2-9,23H,10-13H2,1H3,(H2,20,21,22). The van der Waals surface area contributed by atoms with Crippen LogP contribution in [0.4, 0.5) is 10.1 Å². The molecule has 0 aliphatic rings. The Morgan fingerprint density at radius 2 is 1.79 bits per heavy atom. The average molecular weight is 423 g/mol. The lowest BCUT2D eigenvalue weighted by molar-refractivity contribution is -0.384. The zero-order valence-electron chi connectivity index (χ0n) is 15.8. The van der Waals surface area contributed by atoms with Crippen molar-refractivity contribution in [3.05, 3.63) is 75.6 Å². The number of benzene rings is 2. The molecular formula is C18H22FN5O4S. The Balaban J connectivity index is 2.02. The summed E-state index contributed by atoms with van der Waals surface area (Å²) >= 11 is 0. The smallest absolute Gasteiger partial charge is 0.269 e. The van der Waals surface area contributed by atoms with Crippen molar-refractivity contribution < 1.29 is 17.7 Å². The Kier molecular flexibility index (Phi) is 8.04. The van der Waals surface area contributed by atoms with Gasteiger partial charge in [0.2, 0.25) is 10.0 Å². The second-order valence-electron chi connectivity index (χ2n) is 6.13. The second kappa shape index (κ2) is 10.5. The van der Waals surface area contributed by atoms with Gasteiger partial charge in [-0.05, 0) is 11.6 Å². The number of halogens is 1. The molecule has 0 unspecified atom stereocenters. The van der Waals surface area contributed by atoms with Crippen LogP contribution in [0.15, 0.2) is 53.5 Å². The number of hydrogen-bond acceptors (Lipinski definition) is 5. The zero-order valence-corrected chi connectivity index (χ0v) is 16.6. The summed E-state index contributed by atoms with van der Waals surface area (Å²) in [6.45, 7) is 0.815. The fraction of sp³-hybridized carbons (Fsp3) is 0.278. The van der Waals surface area contributed by atoms with E-state index in [2.05, 4.69) is 20.3 Å². The minimum Gasteiger partial charge on any atom is -0.355 e. The van der Waals surface area contributed by atoms with Crippen molar-refractivity contribution >= 4 is 21.7 Å². The number of nitro groups is 1. The number of nitro benzene ring substituents is 1. The number of sulfonamides is 1. The Labute approximate surface area is 168 Å². The van der Waals surface area contributed by atoms with E-state index < -0.39 is 14.9 Å². The van der Waals surface area contributed by atoms with Crippen LogP contribution in [-0.4, -0.2) is 38.6 Å². The summed E-state index contributed by atoms with van der Waals surface area (Å²) in [4.78, 5) is 14.6. The van der Waals surface area contributed by atoms with Gasteiger partial charge in [0.15, 0.2) is 5.96 Å². The van der Waals surface area contributed by atoms with E-state index >= 15 is 0 Å². The molecule has 0 saturated heterocycles. The molecule has 0 amide bonds. The third kappa shape index (κ3) is 8.23. The monoisotopic (exact) mass is 423 g/mol. The van der Waals surface area contributed by atoms with Crippen LogP contribution in [0.2, 0.25) is 0 Å². The molecule has 156 valence electrons. The van der Waals surface area contributed by atoms with E-state index in [1.807, 2.05) is 0 Å². The van der Waals surface area contributed by atoms with Crippen molar-refractivity contribution in [2.45, 2.75) is 13.1 Å². The number of hydrogen-bond donors (Lipinski definition) is 3. The van der Waals surface area contributed by atoms with Crippen LogP contribution in [0.3, 0.4) is 0 Å². The Morgan fingerprint density at radius 3 is 2.41 bits per heavy atom. The maximum Gasteiger partial charge on any atom is 0.269 e. The van der Waals surface area contributed by atoms with Crippen molar-refractivity contribution in [2.75, 3.05) is 19.3 Å². The van der Waals surface area contributed by atoms with Gasteiger partial charge in [0.25, 0.3) is 5.69 Å². The van der Waals surface area contributed by atoms with Crippen molar-refractivity contribution in [1.82, 2.24) is 15.4 Å². The highest BCUT2D eigenvalue weighted by Crippen LogP contribution is 2.12. The molecule has 0 fully saturated rings. The van der Waals surface area contributed by atoms with Crippen LogP contribution in [0.5, 0.6) is 0 Å². The molecule has 11 heteroatoms. The number of non-ortho nitro benzene ring substituents is 1. The number of rotatable bonds is 9. The van der Waals surface area contributed by atoms with E-state index in [0.717, 1.165) is 11.8 Å². The van der Waals surface area contributed by atoms with Crippen LogP contribution in [0.25, 0.3) is 0 Å². The minimum absolute atomic E-state index is 0.0133. The van der Waals surface area contributed by atoms with Gasteiger partial charge in [-0.15, -0.1) is 0 Å². The van der Waals surface area contributed by atoms with Crippen LogP contribution < -0.4 is 15.4 Å². The lowest BCUT2D eigenvalue weighted by Gasteiger charge is -2.13. The molecule has 0 aliphatic carbocycles. The summed E-state index contributed by atoms with van der Waals surface area (Å²) in [5.41, 5.74) is 1.18. The SMILES string of the molecule is CS(=O)(=O)NCCNC(=NCc1ccc([N+](=O)[O-])cc1)NCc1ccccc1F. The van der Waals surface area contributed by atoms with Crippen molar-refractivity contribution in [1.29, 1.82) is 0 Å². The van der Waals surface area contributed by atoms with E-state index in [1.54, 1.807) is 30.3 Å². The molecule has 9 nitrogen and oxygen atoms in total. The topological polar surface area (TPSA) is 126 Å². The summed E-state index contributed by atoms with van der Waals surface area (Å²) in [5, 5.41) is 16.7. The quantitative estimate of drug-likeness (QED) is 0.185. The molecule has 0 bridgehead atoms. The van der Waals surface area contributed by atoms with Gasteiger partial charge >= 0.3 is 0 Å². The first-order valence-corrected chi connectivity index (χ1v) is 10.6. The van der Waals surface area contributed by atoms with E-state index in [9.17, 15) is 22.9 Å². The fourth-order valence-corrected chi connectivity index (χ4v) is 2.78. The Hall–Kier alpha value is -3.05. The molecule has 0 aromatic heterocycles. The van der Waals surface area contributed by atoms with E-state index in [0.29, 0.717) is 11.5 Å². The molecule has 0 aliphatic heterocycles. The Morgan fingerprint density at radius 1 is 1.10 bits per heavy atom. The largest absolute Gasteiger partial charge is 0.355 e. The van der Waals surface area contributed by atoms with Gasteiger partial charge in [-0.1, -0.05) is 30.3 Å². The van der Waals surface area contributed by atoms with Crippen LogP contribution in [-0.2, 0) is 23.1 Å². The average Bonchev–Trinajstić information content (AvgIpc) is 2.67. The Bertz CT molecular complexity index is 964. The molecule has 0 heterocycles. The third-order valence-electron chi connectivity index (χ3n) is 3.75. The molecule has 2 aromatic carbocycles. The molecule has 29 heavy (non-hydrogen) atoms. The highest BCUT2D eigenvalue weighted by Gasteiger charge is 2.06. The predicted molar refractivity (Wildman–Crippen MR) is 108 cm³/mol. The van der Waals surface area contributed by atoms with Gasteiger partial charge < -0.3 is 10.6 Å². The normalized spacial score (nSPS) is 11.9. The summed E-state index contributed by atoms with van der Waals surface area (Å²) in [7, 11) is -3.30. The molecule has 0 saturated carbocycles. The third-order valence-corrected chi connectivity index (χ3v) is 4.48. The second-order valence-corrected chi connectivity index (χ2v) is 7.96. The highest BCUT2D eigenvalue weighted by atomic mass is 32.2. The highest BCUT2D eigenvalue weighted by molar-refractivity contribution is 7.88. The van der Waals surface area contributed by atoms with Crippen LogP contribution >= 0.6 is 0 Å².